The minimum Gasteiger partial charge on any atom is -0.494 e. The van der Waals surface area contributed by atoms with Gasteiger partial charge in [-0.3, -0.25) is 0 Å². The van der Waals surface area contributed by atoms with E-state index in [0.717, 1.165) is 18.6 Å². The molecule has 0 amide bonds. The molecule has 31 heavy (non-hydrogen) atoms. The molecule has 7 heteroatoms. The molecule has 0 spiro atoms. The van der Waals surface area contributed by atoms with E-state index in [1.54, 1.807) is 12.1 Å². The summed E-state index contributed by atoms with van der Waals surface area (Å²) in [6.45, 7) is 3.44. The Bertz CT molecular complexity index is 978. The number of rotatable bonds is 11. The van der Waals surface area contributed by atoms with Crippen molar-refractivity contribution in [2.24, 2.45) is 0 Å². The van der Waals surface area contributed by atoms with Crippen LogP contribution in [-0.4, -0.2) is 41.2 Å². The highest BCUT2D eigenvalue weighted by Gasteiger charge is 2.16. The van der Waals surface area contributed by atoms with E-state index in [1.165, 1.54) is 11.8 Å². The van der Waals surface area contributed by atoms with Crippen molar-refractivity contribution in [3.8, 4) is 11.5 Å². The lowest BCUT2D eigenvalue weighted by atomic mass is 10.1. The lowest BCUT2D eigenvalue weighted by molar-refractivity contribution is 0.0692. The van der Waals surface area contributed by atoms with Gasteiger partial charge in [0.2, 0.25) is 5.95 Å². The normalized spacial score (nSPS) is 10.5. The highest BCUT2D eigenvalue weighted by atomic mass is 16.5. The molecule has 0 aliphatic rings. The number of nitrogens with zero attached hydrogens (tertiary/aromatic N) is 3. The van der Waals surface area contributed by atoms with E-state index in [4.69, 9.17) is 9.47 Å². The Morgan fingerprint density at radius 1 is 1.03 bits per heavy atom. The van der Waals surface area contributed by atoms with Crippen LogP contribution < -0.4 is 14.4 Å². The summed E-state index contributed by atoms with van der Waals surface area (Å²) in [6.07, 6.45) is 3.11. The van der Waals surface area contributed by atoms with E-state index in [-0.39, 0.29) is 12.2 Å². The smallest absolute Gasteiger partial charge is 0.339 e. The molecule has 3 aromatic rings. The van der Waals surface area contributed by atoms with E-state index >= 15 is 0 Å². The Morgan fingerprint density at radius 3 is 2.35 bits per heavy atom. The van der Waals surface area contributed by atoms with Crippen LogP contribution >= 0.6 is 0 Å². The maximum Gasteiger partial charge on any atom is 0.339 e. The Kier molecular flexibility index (Phi) is 7.81. The molecule has 0 saturated heterocycles. The zero-order chi connectivity index (χ0) is 22.1. The summed E-state index contributed by atoms with van der Waals surface area (Å²) in [6, 6.07) is 17.4. The zero-order valence-electron chi connectivity index (χ0n) is 17.8. The fourth-order valence-electron chi connectivity index (χ4n) is 2.92. The number of aromatic carboxylic acids is 1. The summed E-state index contributed by atoms with van der Waals surface area (Å²) in [4.78, 5) is 22.2. The quantitative estimate of drug-likeness (QED) is 0.496. The lowest BCUT2D eigenvalue weighted by Gasteiger charge is -2.18. The molecular formula is C24H27N3O4. The zero-order valence-corrected chi connectivity index (χ0v) is 17.8. The van der Waals surface area contributed by atoms with Crippen LogP contribution in [0.1, 0.15) is 35.0 Å². The first-order valence-electron chi connectivity index (χ1n) is 10.3. The van der Waals surface area contributed by atoms with Crippen molar-refractivity contribution < 1.29 is 19.4 Å². The number of hydrogen-bond donors (Lipinski definition) is 1. The molecule has 0 aliphatic carbocycles. The van der Waals surface area contributed by atoms with Gasteiger partial charge in [-0.1, -0.05) is 37.3 Å². The fraction of sp³-hybridized carbons (Fsp3) is 0.292. The van der Waals surface area contributed by atoms with Gasteiger partial charge in [0.05, 0.1) is 12.3 Å². The minimum absolute atomic E-state index is 0.0266. The highest BCUT2D eigenvalue weighted by Crippen LogP contribution is 2.20. The van der Waals surface area contributed by atoms with Crippen molar-refractivity contribution in [3.63, 3.8) is 0 Å². The maximum atomic E-state index is 11.6. The van der Waals surface area contributed by atoms with Crippen LogP contribution in [0.15, 0.2) is 60.8 Å². The average Bonchev–Trinajstić information content (AvgIpc) is 2.81. The Hall–Kier alpha value is -3.61. The molecule has 0 aliphatic heterocycles. The molecule has 2 aromatic carbocycles. The van der Waals surface area contributed by atoms with E-state index < -0.39 is 5.97 Å². The van der Waals surface area contributed by atoms with Crippen LogP contribution in [0.3, 0.4) is 0 Å². The Balaban J connectivity index is 1.67. The molecule has 0 saturated carbocycles. The molecule has 1 heterocycles. The van der Waals surface area contributed by atoms with Gasteiger partial charge in [0.15, 0.2) is 0 Å². The number of likely N-dealkylation sites (N-methyl/N-ethyl adjacent to an activating group) is 1. The second kappa shape index (κ2) is 11.0. The number of carboxylic acid groups (broad SMARTS) is 1. The first-order chi connectivity index (χ1) is 15.1. The van der Waals surface area contributed by atoms with Gasteiger partial charge in [-0.25, -0.2) is 14.8 Å². The van der Waals surface area contributed by atoms with Crippen molar-refractivity contribution in [3.05, 3.63) is 77.6 Å². The van der Waals surface area contributed by atoms with Crippen molar-refractivity contribution in [1.82, 2.24) is 9.97 Å². The van der Waals surface area contributed by atoms with Gasteiger partial charge in [-0.05, 0) is 42.7 Å². The molecule has 0 fully saturated rings. The minimum atomic E-state index is -1.08. The van der Waals surface area contributed by atoms with Gasteiger partial charge < -0.3 is 19.5 Å². The summed E-state index contributed by atoms with van der Waals surface area (Å²) in [5.41, 5.74) is 1.57. The molecule has 0 atom stereocenters. The number of anilines is 1. The van der Waals surface area contributed by atoms with Crippen LogP contribution in [0.2, 0.25) is 0 Å². The third kappa shape index (κ3) is 6.44. The van der Waals surface area contributed by atoms with Gasteiger partial charge in [0, 0.05) is 19.8 Å². The van der Waals surface area contributed by atoms with Gasteiger partial charge in [-0.2, -0.15) is 0 Å². The number of benzene rings is 2. The van der Waals surface area contributed by atoms with Crippen LogP contribution in [0.4, 0.5) is 5.95 Å². The van der Waals surface area contributed by atoms with Gasteiger partial charge in [0.1, 0.15) is 23.7 Å². The number of ether oxygens (including phenoxy) is 2. The fourth-order valence-corrected chi connectivity index (χ4v) is 2.92. The Labute approximate surface area is 182 Å². The van der Waals surface area contributed by atoms with Gasteiger partial charge in [0.25, 0.3) is 0 Å². The molecule has 1 N–H and O–H groups in total. The molecular weight excluding hydrogens is 394 g/mol. The summed E-state index contributed by atoms with van der Waals surface area (Å²) in [7, 11) is 1.89. The van der Waals surface area contributed by atoms with Crippen molar-refractivity contribution in [1.29, 1.82) is 0 Å². The Morgan fingerprint density at radius 2 is 1.71 bits per heavy atom. The van der Waals surface area contributed by atoms with E-state index in [2.05, 4.69) is 22.1 Å². The first kappa shape index (κ1) is 22.1. The van der Waals surface area contributed by atoms with Crippen LogP contribution in [0.25, 0.3) is 0 Å². The molecule has 0 radical (unpaired) electrons. The van der Waals surface area contributed by atoms with Crippen LogP contribution in [-0.2, 0) is 13.0 Å². The van der Waals surface area contributed by atoms with E-state index in [9.17, 15) is 9.90 Å². The summed E-state index contributed by atoms with van der Waals surface area (Å²) in [5, 5.41) is 9.50. The molecule has 3 rings (SSSR count). The van der Waals surface area contributed by atoms with Crippen LogP contribution in [0.5, 0.6) is 11.5 Å². The summed E-state index contributed by atoms with van der Waals surface area (Å²) in [5.74, 6) is 0.755. The first-order valence-corrected chi connectivity index (χ1v) is 10.3. The maximum absolute atomic E-state index is 11.6. The number of aromatic nitrogens is 2. The van der Waals surface area contributed by atoms with Gasteiger partial charge in [-0.15, -0.1) is 0 Å². The second-order valence-corrected chi connectivity index (χ2v) is 7.10. The largest absolute Gasteiger partial charge is 0.494 e. The third-order valence-electron chi connectivity index (χ3n) is 4.68. The van der Waals surface area contributed by atoms with Crippen molar-refractivity contribution >= 4 is 11.9 Å². The van der Waals surface area contributed by atoms with E-state index in [1.807, 2.05) is 49.2 Å². The molecule has 0 bridgehead atoms. The second-order valence-electron chi connectivity index (χ2n) is 7.10. The number of hydrogen-bond acceptors (Lipinski definition) is 6. The standard InChI is InChI=1S/C24H27N3O4/c1-3-15-30-19-9-11-20(12-10-19)31-17-22-21(23(28)29)16-25-24(26-22)27(2)14-13-18-7-5-4-6-8-18/h4-12,16H,3,13-15,17H2,1-2H3,(H,28,29). The van der Waals surface area contributed by atoms with Crippen molar-refractivity contribution in [2.75, 3.05) is 25.1 Å². The van der Waals surface area contributed by atoms with Crippen LogP contribution in [0, 0.1) is 0 Å². The lowest BCUT2D eigenvalue weighted by Crippen LogP contribution is -2.24. The molecule has 0 unspecified atom stereocenters. The third-order valence-corrected chi connectivity index (χ3v) is 4.68. The molecule has 7 nitrogen and oxygen atoms in total. The van der Waals surface area contributed by atoms with E-state index in [0.29, 0.717) is 30.5 Å². The monoisotopic (exact) mass is 421 g/mol. The topological polar surface area (TPSA) is 84.8 Å². The summed E-state index contributed by atoms with van der Waals surface area (Å²) >= 11 is 0. The summed E-state index contributed by atoms with van der Waals surface area (Å²) < 4.78 is 11.3. The number of carbonyl (C=O) groups is 1. The highest BCUT2D eigenvalue weighted by molar-refractivity contribution is 5.88. The molecule has 162 valence electrons. The predicted octanol–water partition coefficient (Wildman–Crippen LogP) is 4.22. The molecule has 1 aromatic heterocycles. The number of carboxylic acids is 1. The van der Waals surface area contributed by atoms with Crippen molar-refractivity contribution in [2.45, 2.75) is 26.4 Å². The predicted molar refractivity (Wildman–Crippen MR) is 119 cm³/mol. The van der Waals surface area contributed by atoms with Gasteiger partial charge >= 0.3 is 5.97 Å². The SMILES string of the molecule is CCCOc1ccc(OCc2nc(N(C)CCc3ccccc3)ncc2C(=O)O)cc1. The average molecular weight is 421 g/mol.